The Kier molecular flexibility index (Phi) is 4.61. The van der Waals surface area contributed by atoms with E-state index in [4.69, 9.17) is 0 Å². The molecular weight excluding hydrogens is 308 g/mol. The van der Waals surface area contributed by atoms with Gasteiger partial charge in [0, 0.05) is 42.1 Å². The number of aryl methyl sites for hydroxylation is 3. The van der Waals surface area contributed by atoms with Crippen LogP contribution in [0.1, 0.15) is 49.9 Å². The molecule has 130 valence electrons. The molecule has 0 saturated carbocycles. The molecule has 24 heavy (non-hydrogen) atoms. The van der Waals surface area contributed by atoms with Crippen LogP contribution in [-0.4, -0.2) is 22.4 Å². The second kappa shape index (κ2) is 6.54. The lowest BCUT2D eigenvalue weighted by Gasteiger charge is -2.36. The third-order valence-electron chi connectivity index (χ3n) is 5.15. The Morgan fingerprint density at radius 2 is 2.00 bits per heavy atom. The molecular formula is C19H25F2N3. The van der Waals surface area contributed by atoms with Gasteiger partial charge in [-0.1, -0.05) is 6.92 Å². The van der Waals surface area contributed by atoms with Gasteiger partial charge in [-0.25, -0.2) is 8.78 Å². The molecule has 1 aliphatic heterocycles. The number of benzene rings is 1. The highest BCUT2D eigenvalue weighted by atomic mass is 19.3. The van der Waals surface area contributed by atoms with Gasteiger partial charge in [0.1, 0.15) is 0 Å². The van der Waals surface area contributed by atoms with Crippen LogP contribution in [0.25, 0.3) is 11.3 Å². The third kappa shape index (κ3) is 2.92. The zero-order valence-electron chi connectivity index (χ0n) is 14.8. The molecule has 5 heteroatoms. The van der Waals surface area contributed by atoms with Crippen LogP contribution in [-0.2, 0) is 13.5 Å². The molecule has 1 aromatic carbocycles. The van der Waals surface area contributed by atoms with E-state index in [9.17, 15) is 8.78 Å². The van der Waals surface area contributed by atoms with E-state index >= 15 is 0 Å². The molecule has 2 heterocycles. The zero-order chi connectivity index (χ0) is 17.4. The molecule has 0 bridgehead atoms. The largest absolute Gasteiger partial charge is 0.369 e. The Balaban J connectivity index is 2.14. The summed E-state index contributed by atoms with van der Waals surface area (Å²) < 4.78 is 29.2. The molecule has 0 radical (unpaired) electrons. The number of nitrogens with zero attached hydrogens (tertiary/aromatic N) is 3. The Bertz CT molecular complexity index is 717. The number of alkyl halides is 2. The van der Waals surface area contributed by atoms with Gasteiger partial charge in [0.15, 0.2) is 0 Å². The standard InChI is InChI=1S/C19H25F2N3/c1-5-12(2)24-8-6-7-14-10-15(16(19(20)21)11-18(14)24)17-9-13(3)23(4)22-17/h9-12,19H,5-8H2,1-4H3. The topological polar surface area (TPSA) is 21.1 Å². The molecule has 1 aliphatic rings. The number of hydrogen-bond donors (Lipinski definition) is 0. The Labute approximate surface area is 142 Å². The summed E-state index contributed by atoms with van der Waals surface area (Å²) >= 11 is 0. The summed E-state index contributed by atoms with van der Waals surface area (Å²) in [6.07, 6.45) is 0.495. The molecule has 1 aromatic heterocycles. The molecule has 0 saturated heterocycles. The summed E-state index contributed by atoms with van der Waals surface area (Å²) in [5.74, 6) is 0. The number of aromatic nitrogens is 2. The molecule has 0 aliphatic carbocycles. The van der Waals surface area contributed by atoms with Gasteiger partial charge in [0.25, 0.3) is 6.43 Å². The van der Waals surface area contributed by atoms with Gasteiger partial charge in [-0.2, -0.15) is 5.10 Å². The van der Waals surface area contributed by atoms with Gasteiger partial charge >= 0.3 is 0 Å². The lowest BCUT2D eigenvalue weighted by Crippen LogP contribution is -2.37. The summed E-state index contributed by atoms with van der Waals surface area (Å²) in [4.78, 5) is 2.28. The Morgan fingerprint density at radius 3 is 2.58 bits per heavy atom. The monoisotopic (exact) mass is 333 g/mol. The first-order chi connectivity index (χ1) is 11.4. The van der Waals surface area contributed by atoms with Gasteiger partial charge in [0.05, 0.1) is 5.69 Å². The predicted octanol–water partition coefficient (Wildman–Crippen LogP) is 4.88. The van der Waals surface area contributed by atoms with Crippen molar-refractivity contribution in [3.8, 4) is 11.3 Å². The quantitative estimate of drug-likeness (QED) is 0.795. The highest BCUT2D eigenvalue weighted by molar-refractivity contribution is 5.72. The lowest BCUT2D eigenvalue weighted by atomic mass is 9.93. The second-order valence-corrected chi connectivity index (χ2v) is 6.72. The smallest absolute Gasteiger partial charge is 0.264 e. The van der Waals surface area contributed by atoms with Crippen LogP contribution < -0.4 is 4.90 Å². The van der Waals surface area contributed by atoms with E-state index in [-0.39, 0.29) is 5.56 Å². The maximum atomic E-state index is 13.7. The van der Waals surface area contributed by atoms with E-state index in [0.29, 0.717) is 17.3 Å². The number of hydrogen-bond acceptors (Lipinski definition) is 2. The van der Waals surface area contributed by atoms with Crippen molar-refractivity contribution < 1.29 is 8.78 Å². The van der Waals surface area contributed by atoms with E-state index in [1.165, 1.54) is 0 Å². The lowest BCUT2D eigenvalue weighted by molar-refractivity contribution is 0.152. The minimum absolute atomic E-state index is 0.0852. The first-order valence-corrected chi connectivity index (χ1v) is 8.65. The fraction of sp³-hybridized carbons (Fsp3) is 0.526. The van der Waals surface area contributed by atoms with Crippen molar-refractivity contribution in [3.05, 3.63) is 35.0 Å². The van der Waals surface area contributed by atoms with Gasteiger partial charge < -0.3 is 4.90 Å². The first kappa shape index (κ1) is 16.9. The fourth-order valence-corrected chi connectivity index (χ4v) is 3.45. The molecule has 0 amide bonds. The number of rotatable bonds is 4. The van der Waals surface area contributed by atoms with Crippen molar-refractivity contribution in [1.82, 2.24) is 9.78 Å². The van der Waals surface area contributed by atoms with E-state index in [2.05, 4.69) is 23.8 Å². The summed E-state index contributed by atoms with van der Waals surface area (Å²) in [6.45, 7) is 7.17. The zero-order valence-corrected chi connectivity index (χ0v) is 14.8. The van der Waals surface area contributed by atoms with Crippen LogP contribution in [0.4, 0.5) is 14.5 Å². The molecule has 0 fully saturated rings. The molecule has 3 nitrogen and oxygen atoms in total. The number of anilines is 1. The molecule has 0 N–H and O–H groups in total. The first-order valence-electron chi connectivity index (χ1n) is 8.65. The van der Waals surface area contributed by atoms with Gasteiger partial charge in [0.2, 0.25) is 0 Å². The van der Waals surface area contributed by atoms with Crippen molar-refractivity contribution in [2.45, 2.75) is 52.5 Å². The average molecular weight is 333 g/mol. The predicted molar refractivity (Wildman–Crippen MR) is 93.8 cm³/mol. The maximum absolute atomic E-state index is 13.7. The van der Waals surface area contributed by atoms with Crippen molar-refractivity contribution in [2.75, 3.05) is 11.4 Å². The molecule has 1 unspecified atom stereocenters. The summed E-state index contributed by atoms with van der Waals surface area (Å²) in [5, 5.41) is 4.41. The van der Waals surface area contributed by atoms with E-state index in [1.807, 2.05) is 26.1 Å². The van der Waals surface area contributed by atoms with Crippen LogP contribution in [0, 0.1) is 6.92 Å². The van der Waals surface area contributed by atoms with Crippen LogP contribution in [0.5, 0.6) is 0 Å². The number of halogens is 2. The summed E-state index contributed by atoms with van der Waals surface area (Å²) in [7, 11) is 1.84. The minimum Gasteiger partial charge on any atom is -0.369 e. The van der Waals surface area contributed by atoms with Crippen LogP contribution >= 0.6 is 0 Å². The van der Waals surface area contributed by atoms with Crippen LogP contribution in [0.2, 0.25) is 0 Å². The normalized spacial score (nSPS) is 15.7. The fourth-order valence-electron chi connectivity index (χ4n) is 3.45. The minimum atomic E-state index is -2.51. The molecule has 2 aromatic rings. The maximum Gasteiger partial charge on any atom is 0.264 e. The third-order valence-corrected chi connectivity index (χ3v) is 5.15. The molecule has 1 atom stereocenters. The van der Waals surface area contributed by atoms with Crippen molar-refractivity contribution in [3.63, 3.8) is 0 Å². The van der Waals surface area contributed by atoms with E-state index in [1.54, 1.807) is 10.7 Å². The Morgan fingerprint density at radius 1 is 1.25 bits per heavy atom. The van der Waals surface area contributed by atoms with Crippen LogP contribution in [0.3, 0.4) is 0 Å². The van der Waals surface area contributed by atoms with Crippen LogP contribution in [0.15, 0.2) is 18.2 Å². The summed E-state index contributed by atoms with van der Waals surface area (Å²) in [5.41, 5.74) is 4.38. The van der Waals surface area contributed by atoms with Gasteiger partial charge in [-0.15, -0.1) is 0 Å². The van der Waals surface area contributed by atoms with Gasteiger partial charge in [-0.05, 0) is 56.9 Å². The van der Waals surface area contributed by atoms with Crippen molar-refractivity contribution in [2.24, 2.45) is 7.05 Å². The SMILES string of the molecule is CCC(C)N1CCCc2cc(-c3cc(C)n(C)n3)c(C(F)F)cc21. The average Bonchev–Trinajstić information content (AvgIpc) is 2.91. The molecule has 3 rings (SSSR count). The number of fused-ring (bicyclic) bond motifs is 1. The highest BCUT2D eigenvalue weighted by Gasteiger charge is 2.26. The second-order valence-electron chi connectivity index (χ2n) is 6.72. The molecule has 0 spiro atoms. The van der Waals surface area contributed by atoms with Crippen molar-refractivity contribution >= 4 is 5.69 Å². The highest BCUT2D eigenvalue weighted by Crippen LogP contribution is 2.39. The van der Waals surface area contributed by atoms with Gasteiger partial charge in [-0.3, -0.25) is 4.68 Å². The van der Waals surface area contributed by atoms with E-state index in [0.717, 1.165) is 42.8 Å². The summed E-state index contributed by atoms with van der Waals surface area (Å²) in [6, 6.07) is 5.87. The Hall–Kier alpha value is -1.91. The van der Waals surface area contributed by atoms with E-state index < -0.39 is 6.43 Å². The van der Waals surface area contributed by atoms with Crippen molar-refractivity contribution in [1.29, 1.82) is 0 Å².